The van der Waals surface area contributed by atoms with Gasteiger partial charge >= 0.3 is 5.97 Å². The maximum atomic E-state index is 13.0. The lowest BCUT2D eigenvalue weighted by Crippen LogP contribution is -2.37. The maximum Gasteiger partial charge on any atom is 0.338 e. The third-order valence-corrected chi connectivity index (χ3v) is 2.57. The number of halogens is 1. The van der Waals surface area contributed by atoms with Gasteiger partial charge in [-0.05, 0) is 31.0 Å². The SMILES string of the molecule is CC(C)CNC(=O)C(C)OC(=O)c1ccc(F)c(N)c1. The van der Waals surface area contributed by atoms with Gasteiger partial charge in [-0.3, -0.25) is 4.79 Å². The zero-order valence-electron chi connectivity index (χ0n) is 11.8. The Labute approximate surface area is 117 Å². The average molecular weight is 282 g/mol. The number of benzene rings is 1. The summed E-state index contributed by atoms with van der Waals surface area (Å²) in [7, 11) is 0. The largest absolute Gasteiger partial charge is 0.449 e. The predicted molar refractivity (Wildman–Crippen MR) is 73.5 cm³/mol. The fourth-order valence-corrected chi connectivity index (χ4v) is 1.40. The quantitative estimate of drug-likeness (QED) is 0.636. The molecule has 0 radical (unpaired) electrons. The highest BCUT2D eigenvalue weighted by atomic mass is 19.1. The minimum Gasteiger partial charge on any atom is -0.449 e. The number of nitrogens with one attached hydrogen (secondary N) is 1. The highest BCUT2D eigenvalue weighted by Gasteiger charge is 2.19. The molecular weight excluding hydrogens is 263 g/mol. The van der Waals surface area contributed by atoms with Crippen molar-refractivity contribution in [1.29, 1.82) is 0 Å². The van der Waals surface area contributed by atoms with E-state index in [4.69, 9.17) is 10.5 Å². The maximum absolute atomic E-state index is 13.0. The summed E-state index contributed by atoms with van der Waals surface area (Å²) in [5, 5.41) is 2.66. The van der Waals surface area contributed by atoms with E-state index in [1.165, 1.54) is 19.1 Å². The summed E-state index contributed by atoms with van der Waals surface area (Å²) >= 11 is 0. The Balaban J connectivity index is 2.60. The number of hydrogen-bond acceptors (Lipinski definition) is 4. The molecular formula is C14H19FN2O3. The number of hydrogen-bond donors (Lipinski definition) is 2. The van der Waals surface area contributed by atoms with Crippen LogP contribution in [0.15, 0.2) is 18.2 Å². The van der Waals surface area contributed by atoms with Crippen LogP contribution in [0.4, 0.5) is 10.1 Å². The van der Waals surface area contributed by atoms with Crippen LogP contribution in [0, 0.1) is 11.7 Å². The van der Waals surface area contributed by atoms with Crippen molar-refractivity contribution >= 4 is 17.6 Å². The van der Waals surface area contributed by atoms with E-state index in [1.54, 1.807) is 0 Å². The summed E-state index contributed by atoms with van der Waals surface area (Å²) in [4.78, 5) is 23.4. The molecule has 0 fully saturated rings. The second kappa shape index (κ2) is 6.88. The lowest BCUT2D eigenvalue weighted by molar-refractivity contribution is -0.129. The van der Waals surface area contributed by atoms with E-state index < -0.39 is 17.9 Å². The van der Waals surface area contributed by atoms with Gasteiger partial charge in [0, 0.05) is 6.54 Å². The fraction of sp³-hybridized carbons (Fsp3) is 0.429. The van der Waals surface area contributed by atoms with Crippen molar-refractivity contribution in [3.05, 3.63) is 29.6 Å². The van der Waals surface area contributed by atoms with Crippen molar-refractivity contribution < 1.29 is 18.7 Å². The van der Waals surface area contributed by atoms with Crippen molar-refractivity contribution in [3.63, 3.8) is 0 Å². The molecule has 5 nitrogen and oxygen atoms in total. The van der Waals surface area contributed by atoms with Crippen LogP contribution in [0.2, 0.25) is 0 Å². The lowest BCUT2D eigenvalue weighted by Gasteiger charge is -2.14. The average Bonchev–Trinajstić information content (AvgIpc) is 2.38. The van der Waals surface area contributed by atoms with E-state index in [9.17, 15) is 14.0 Å². The van der Waals surface area contributed by atoms with Crippen molar-refractivity contribution in [2.24, 2.45) is 5.92 Å². The number of ether oxygens (including phenoxy) is 1. The minimum atomic E-state index is -0.924. The van der Waals surface area contributed by atoms with E-state index in [2.05, 4.69) is 5.32 Å². The van der Waals surface area contributed by atoms with Gasteiger partial charge in [0.05, 0.1) is 11.3 Å². The van der Waals surface area contributed by atoms with Crippen molar-refractivity contribution in [3.8, 4) is 0 Å². The Kier molecular flexibility index (Phi) is 5.49. The molecule has 1 atom stereocenters. The number of amides is 1. The second-order valence-corrected chi connectivity index (χ2v) is 4.92. The zero-order valence-corrected chi connectivity index (χ0v) is 11.8. The Hall–Kier alpha value is -2.11. The van der Waals surface area contributed by atoms with Crippen molar-refractivity contribution in [2.75, 3.05) is 12.3 Å². The Morgan fingerprint density at radius 1 is 1.35 bits per heavy atom. The summed E-state index contributed by atoms with van der Waals surface area (Å²) in [5.41, 5.74) is 5.33. The number of carbonyl (C=O) groups excluding carboxylic acids is 2. The van der Waals surface area contributed by atoms with E-state index in [0.717, 1.165) is 6.07 Å². The normalized spacial score (nSPS) is 12.1. The Morgan fingerprint density at radius 2 is 2.00 bits per heavy atom. The zero-order chi connectivity index (χ0) is 15.3. The number of anilines is 1. The number of nitrogens with two attached hydrogens (primary N) is 1. The monoisotopic (exact) mass is 282 g/mol. The van der Waals surface area contributed by atoms with Crippen LogP contribution in [-0.4, -0.2) is 24.5 Å². The molecule has 1 aromatic carbocycles. The number of esters is 1. The first-order valence-corrected chi connectivity index (χ1v) is 6.35. The molecule has 6 heteroatoms. The third kappa shape index (κ3) is 4.53. The van der Waals surface area contributed by atoms with Gasteiger partial charge in [-0.2, -0.15) is 0 Å². The molecule has 20 heavy (non-hydrogen) atoms. The first kappa shape index (κ1) is 15.9. The van der Waals surface area contributed by atoms with Crippen LogP contribution < -0.4 is 11.1 Å². The third-order valence-electron chi connectivity index (χ3n) is 2.57. The molecule has 0 bridgehead atoms. The fourth-order valence-electron chi connectivity index (χ4n) is 1.40. The molecule has 0 saturated heterocycles. The predicted octanol–water partition coefficient (Wildman–Crippen LogP) is 1.73. The van der Waals surface area contributed by atoms with Crippen LogP contribution in [0.1, 0.15) is 31.1 Å². The number of carbonyl (C=O) groups is 2. The molecule has 0 aliphatic rings. The molecule has 1 aromatic rings. The van der Waals surface area contributed by atoms with Gasteiger partial charge in [-0.25, -0.2) is 9.18 Å². The van der Waals surface area contributed by atoms with Gasteiger partial charge in [0.1, 0.15) is 5.82 Å². The molecule has 0 heterocycles. The molecule has 3 N–H and O–H groups in total. The first-order valence-electron chi connectivity index (χ1n) is 6.35. The van der Waals surface area contributed by atoms with Gasteiger partial charge < -0.3 is 15.8 Å². The van der Waals surface area contributed by atoms with Gasteiger partial charge in [0.25, 0.3) is 5.91 Å². The van der Waals surface area contributed by atoms with Crippen molar-refractivity contribution in [1.82, 2.24) is 5.32 Å². The standard InChI is InChI=1S/C14H19FN2O3/c1-8(2)7-17-13(18)9(3)20-14(19)10-4-5-11(15)12(16)6-10/h4-6,8-9H,7,16H2,1-3H3,(H,17,18). The van der Waals surface area contributed by atoms with Gasteiger partial charge in [0.2, 0.25) is 0 Å². The highest BCUT2D eigenvalue weighted by Crippen LogP contribution is 2.13. The molecule has 110 valence electrons. The van der Waals surface area contributed by atoms with Crippen molar-refractivity contribution in [2.45, 2.75) is 26.9 Å². The van der Waals surface area contributed by atoms with E-state index in [1.807, 2.05) is 13.8 Å². The molecule has 0 saturated carbocycles. The summed E-state index contributed by atoms with van der Waals surface area (Å²) in [6, 6.07) is 3.51. The van der Waals surface area contributed by atoms with Crippen LogP contribution in [0.3, 0.4) is 0 Å². The summed E-state index contributed by atoms with van der Waals surface area (Å²) in [6.07, 6.45) is -0.924. The van der Waals surface area contributed by atoms with Crippen LogP contribution in [0.5, 0.6) is 0 Å². The molecule has 0 aliphatic carbocycles. The lowest BCUT2D eigenvalue weighted by atomic mass is 10.2. The molecule has 0 aromatic heterocycles. The number of rotatable bonds is 5. The van der Waals surface area contributed by atoms with Crippen LogP contribution in [0.25, 0.3) is 0 Å². The summed E-state index contributed by atoms with van der Waals surface area (Å²) in [5.74, 6) is -1.39. The Bertz CT molecular complexity index is 503. The van der Waals surface area contributed by atoms with Gasteiger partial charge in [0.15, 0.2) is 6.10 Å². The van der Waals surface area contributed by atoms with Crippen LogP contribution in [-0.2, 0) is 9.53 Å². The minimum absolute atomic E-state index is 0.104. The summed E-state index contributed by atoms with van der Waals surface area (Å²) in [6.45, 7) is 5.89. The Morgan fingerprint density at radius 3 is 2.55 bits per heavy atom. The van der Waals surface area contributed by atoms with E-state index in [0.29, 0.717) is 12.5 Å². The highest BCUT2D eigenvalue weighted by molar-refractivity contribution is 5.93. The van der Waals surface area contributed by atoms with E-state index >= 15 is 0 Å². The topological polar surface area (TPSA) is 81.4 Å². The summed E-state index contributed by atoms with van der Waals surface area (Å²) < 4.78 is 18.0. The van der Waals surface area contributed by atoms with Crippen LogP contribution >= 0.6 is 0 Å². The number of nitrogen functional groups attached to an aromatic ring is 1. The van der Waals surface area contributed by atoms with E-state index in [-0.39, 0.29) is 17.2 Å². The molecule has 0 aliphatic heterocycles. The second-order valence-electron chi connectivity index (χ2n) is 4.92. The van der Waals surface area contributed by atoms with Gasteiger partial charge in [-0.15, -0.1) is 0 Å². The van der Waals surface area contributed by atoms with Gasteiger partial charge in [-0.1, -0.05) is 13.8 Å². The smallest absolute Gasteiger partial charge is 0.338 e. The molecule has 1 unspecified atom stereocenters. The molecule has 1 rings (SSSR count). The molecule has 1 amide bonds. The first-order chi connectivity index (χ1) is 9.31. The molecule has 0 spiro atoms.